The Hall–Kier alpha value is -1.42. The summed E-state index contributed by atoms with van der Waals surface area (Å²) >= 11 is 0. The van der Waals surface area contributed by atoms with E-state index in [1.165, 1.54) is 0 Å². The van der Waals surface area contributed by atoms with Gasteiger partial charge in [0, 0.05) is 32.4 Å². The molecule has 4 heteroatoms. The molecule has 0 saturated heterocycles. The molecule has 0 aromatic carbocycles. The van der Waals surface area contributed by atoms with Crippen molar-refractivity contribution in [3.05, 3.63) is 30.1 Å². The summed E-state index contributed by atoms with van der Waals surface area (Å²) < 4.78 is 0. The summed E-state index contributed by atoms with van der Waals surface area (Å²) in [6.45, 7) is 1.36. The van der Waals surface area contributed by atoms with Crippen molar-refractivity contribution < 1.29 is 4.79 Å². The van der Waals surface area contributed by atoms with Gasteiger partial charge in [0.1, 0.15) is 0 Å². The molecule has 0 aliphatic heterocycles. The highest BCUT2D eigenvalue weighted by Crippen LogP contribution is 2.02. The lowest BCUT2D eigenvalue weighted by Crippen LogP contribution is -2.29. The smallest absolute Gasteiger partial charge is 0.222 e. The van der Waals surface area contributed by atoms with Gasteiger partial charge in [0.25, 0.3) is 0 Å². The van der Waals surface area contributed by atoms with Gasteiger partial charge in [-0.05, 0) is 31.0 Å². The van der Waals surface area contributed by atoms with Gasteiger partial charge < -0.3 is 10.6 Å². The first-order valence-electron chi connectivity index (χ1n) is 5.57. The van der Waals surface area contributed by atoms with Crippen LogP contribution in [0, 0.1) is 0 Å². The number of rotatable bonds is 6. The highest BCUT2D eigenvalue weighted by Gasteiger charge is 2.07. The molecule has 0 aliphatic rings. The zero-order valence-electron chi connectivity index (χ0n) is 9.72. The summed E-state index contributed by atoms with van der Waals surface area (Å²) in [6.07, 6.45) is 5.67. The first kappa shape index (κ1) is 12.6. The summed E-state index contributed by atoms with van der Waals surface area (Å²) in [6, 6.07) is 3.87. The van der Waals surface area contributed by atoms with E-state index in [0.717, 1.165) is 24.9 Å². The fourth-order valence-corrected chi connectivity index (χ4v) is 1.44. The van der Waals surface area contributed by atoms with Crippen LogP contribution in [-0.2, 0) is 11.2 Å². The minimum Gasteiger partial charge on any atom is -0.346 e. The second-order valence-corrected chi connectivity index (χ2v) is 3.82. The van der Waals surface area contributed by atoms with Crippen LogP contribution in [0.1, 0.15) is 18.4 Å². The van der Waals surface area contributed by atoms with E-state index in [4.69, 9.17) is 5.73 Å². The summed E-state index contributed by atoms with van der Waals surface area (Å²) in [5.74, 6) is 0.164. The van der Waals surface area contributed by atoms with Crippen LogP contribution in [0.5, 0.6) is 0 Å². The highest BCUT2D eigenvalue weighted by molar-refractivity contribution is 5.76. The fraction of sp³-hybridized carbons (Fsp3) is 0.500. The number of hydrogen-bond donors (Lipinski definition) is 1. The third-order valence-electron chi connectivity index (χ3n) is 2.47. The average Bonchev–Trinajstić information content (AvgIpc) is 2.34. The second kappa shape index (κ2) is 6.95. The molecule has 88 valence electrons. The SMILES string of the molecule is CN(CCCN)C(=O)CCc1cccnc1. The van der Waals surface area contributed by atoms with Crippen LogP contribution in [0.2, 0.25) is 0 Å². The Morgan fingerprint density at radius 1 is 1.56 bits per heavy atom. The molecule has 1 rings (SSSR count). The van der Waals surface area contributed by atoms with E-state index in [1.807, 2.05) is 19.2 Å². The van der Waals surface area contributed by atoms with E-state index in [-0.39, 0.29) is 5.91 Å². The van der Waals surface area contributed by atoms with Crippen molar-refractivity contribution in [3.63, 3.8) is 0 Å². The van der Waals surface area contributed by atoms with E-state index in [1.54, 1.807) is 17.3 Å². The lowest BCUT2D eigenvalue weighted by atomic mass is 10.1. The quantitative estimate of drug-likeness (QED) is 0.773. The molecule has 2 N–H and O–H groups in total. The molecule has 1 aromatic heterocycles. The van der Waals surface area contributed by atoms with E-state index in [0.29, 0.717) is 13.0 Å². The van der Waals surface area contributed by atoms with Crippen LogP contribution < -0.4 is 5.73 Å². The van der Waals surface area contributed by atoms with Crippen molar-refractivity contribution in [1.82, 2.24) is 9.88 Å². The molecule has 0 radical (unpaired) electrons. The van der Waals surface area contributed by atoms with Gasteiger partial charge in [-0.1, -0.05) is 6.07 Å². The number of carbonyl (C=O) groups is 1. The Labute approximate surface area is 96.5 Å². The molecule has 0 spiro atoms. The van der Waals surface area contributed by atoms with E-state index >= 15 is 0 Å². The average molecular weight is 221 g/mol. The number of pyridine rings is 1. The number of nitrogens with two attached hydrogens (primary N) is 1. The second-order valence-electron chi connectivity index (χ2n) is 3.82. The Balaban J connectivity index is 2.29. The zero-order valence-corrected chi connectivity index (χ0v) is 9.72. The molecule has 1 heterocycles. The number of nitrogens with zero attached hydrogens (tertiary/aromatic N) is 2. The number of hydrogen-bond acceptors (Lipinski definition) is 3. The molecule has 0 bridgehead atoms. The molecule has 0 atom stereocenters. The monoisotopic (exact) mass is 221 g/mol. The van der Waals surface area contributed by atoms with Crippen molar-refractivity contribution in [2.24, 2.45) is 5.73 Å². The zero-order chi connectivity index (χ0) is 11.8. The van der Waals surface area contributed by atoms with Crippen LogP contribution in [0.25, 0.3) is 0 Å². The summed E-state index contributed by atoms with van der Waals surface area (Å²) in [5, 5.41) is 0. The summed E-state index contributed by atoms with van der Waals surface area (Å²) in [4.78, 5) is 17.4. The Kier molecular flexibility index (Phi) is 5.50. The highest BCUT2D eigenvalue weighted by atomic mass is 16.2. The molecular weight excluding hydrogens is 202 g/mol. The maximum Gasteiger partial charge on any atom is 0.222 e. The van der Waals surface area contributed by atoms with Crippen molar-refractivity contribution in [2.45, 2.75) is 19.3 Å². The summed E-state index contributed by atoms with van der Waals surface area (Å²) in [7, 11) is 1.82. The van der Waals surface area contributed by atoms with Crippen LogP contribution in [0.4, 0.5) is 0 Å². The predicted octanol–water partition coefficient (Wildman–Crippen LogP) is 0.821. The van der Waals surface area contributed by atoms with Crippen LogP contribution in [-0.4, -0.2) is 35.9 Å². The van der Waals surface area contributed by atoms with Gasteiger partial charge >= 0.3 is 0 Å². The Bertz CT molecular complexity index is 313. The normalized spacial score (nSPS) is 10.1. The van der Waals surface area contributed by atoms with Gasteiger partial charge in [0.15, 0.2) is 0 Å². The molecule has 1 amide bonds. The van der Waals surface area contributed by atoms with Gasteiger partial charge in [-0.2, -0.15) is 0 Å². The maximum absolute atomic E-state index is 11.7. The lowest BCUT2D eigenvalue weighted by molar-refractivity contribution is -0.129. The minimum absolute atomic E-state index is 0.164. The van der Waals surface area contributed by atoms with Gasteiger partial charge in [0.2, 0.25) is 5.91 Å². The number of amides is 1. The topological polar surface area (TPSA) is 59.2 Å². The first-order valence-corrected chi connectivity index (χ1v) is 5.57. The van der Waals surface area contributed by atoms with Crippen LogP contribution in [0.3, 0.4) is 0 Å². The van der Waals surface area contributed by atoms with E-state index in [2.05, 4.69) is 4.98 Å². The van der Waals surface area contributed by atoms with Crippen LogP contribution >= 0.6 is 0 Å². The lowest BCUT2D eigenvalue weighted by Gasteiger charge is -2.16. The third-order valence-corrected chi connectivity index (χ3v) is 2.47. The maximum atomic E-state index is 11.7. The van der Waals surface area contributed by atoms with Crippen molar-refractivity contribution >= 4 is 5.91 Å². The van der Waals surface area contributed by atoms with Crippen molar-refractivity contribution in [1.29, 1.82) is 0 Å². The number of carbonyl (C=O) groups excluding carboxylic acids is 1. The van der Waals surface area contributed by atoms with Gasteiger partial charge in [-0.25, -0.2) is 0 Å². The molecule has 0 aliphatic carbocycles. The van der Waals surface area contributed by atoms with Gasteiger partial charge in [0.05, 0.1) is 0 Å². The Morgan fingerprint density at radius 3 is 3.00 bits per heavy atom. The molecule has 4 nitrogen and oxygen atoms in total. The Morgan fingerprint density at radius 2 is 2.38 bits per heavy atom. The first-order chi connectivity index (χ1) is 7.74. The van der Waals surface area contributed by atoms with Gasteiger partial charge in [-0.3, -0.25) is 9.78 Å². The molecule has 0 fully saturated rings. The summed E-state index contributed by atoms with van der Waals surface area (Å²) in [5.41, 5.74) is 6.50. The minimum atomic E-state index is 0.164. The van der Waals surface area contributed by atoms with E-state index in [9.17, 15) is 4.79 Å². The molecule has 0 unspecified atom stereocenters. The number of aryl methyl sites for hydroxylation is 1. The number of aromatic nitrogens is 1. The molecule has 0 saturated carbocycles. The van der Waals surface area contributed by atoms with Crippen molar-refractivity contribution in [2.75, 3.05) is 20.1 Å². The largest absolute Gasteiger partial charge is 0.346 e. The predicted molar refractivity (Wildman–Crippen MR) is 63.9 cm³/mol. The fourth-order valence-electron chi connectivity index (χ4n) is 1.44. The van der Waals surface area contributed by atoms with Crippen LogP contribution in [0.15, 0.2) is 24.5 Å². The van der Waals surface area contributed by atoms with E-state index < -0.39 is 0 Å². The standard InChI is InChI=1S/C12H19N3O/c1-15(9-3-7-13)12(16)6-5-11-4-2-8-14-10-11/h2,4,8,10H,3,5-7,9,13H2,1H3. The molecular formula is C12H19N3O. The van der Waals surface area contributed by atoms with Crippen molar-refractivity contribution in [3.8, 4) is 0 Å². The molecule has 16 heavy (non-hydrogen) atoms. The van der Waals surface area contributed by atoms with Gasteiger partial charge in [-0.15, -0.1) is 0 Å². The molecule has 1 aromatic rings. The third kappa shape index (κ3) is 4.40.